The van der Waals surface area contributed by atoms with Gasteiger partial charge in [0.05, 0.1) is 6.54 Å². The van der Waals surface area contributed by atoms with Crippen LogP contribution in [0.4, 0.5) is 0 Å². The smallest absolute Gasteiger partial charge is 0.234 e. The maximum absolute atomic E-state index is 11.8. The number of carbonyl (C=O) groups is 1. The van der Waals surface area contributed by atoms with E-state index in [1.54, 1.807) is 0 Å². The van der Waals surface area contributed by atoms with Gasteiger partial charge >= 0.3 is 0 Å². The van der Waals surface area contributed by atoms with Crippen LogP contribution in [0.3, 0.4) is 0 Å². The standard InChI is InChI=1S/C17H27N3O/c1-14(2)20-9-8-16(13-20)10-18-12-17(21)19-11-15-6-4-3-5-7-15/h3-7,14,16,18H,8-13H2,1-2H3,(H,19,21). The molecule has 1 fully saturated rings. The third-order valence-electron chi connectivity index (χ3n) is 4.10. The molecule has 0 bridgehead atoms. The highest BCUT2D eigenvalue weighted by atomic mass is 16.1. The van der Waals surface area contributed by atoms with Crippen LogP contribution in [0.1, 0.15) is 25.8 Å². The normalized spacial score (nSPS) is 19.1. The maximum Gasteiger partial charge on any atom is 0.234 e. The molecule has 1 atom stereocenters. The summed E-state index contributed by atoms with van der Waals surface area (Å²) >= 11 is 0. The number of benzene rings is 1. The molecule has 1 aliphatic heterocycles. The molecule has 1 saturated heterocycles. The minimum atomic E-state index is 0.0672. The average molecular weight is 289 g/mol. The Morgan fingerprint density at radius 3 is 2.76 bits per heavy atom. The molecular formula is C17H27N3O. The van der Waals surface area contributed by atoms with E-state index in [1.807, 2.05) is 30.3 Å². The summed E-state index contributed by atoms with van der Waals surface area (Å²) in [5.41, 5.74) is 1.13. The van der Waals surface area contributed by atoms with E-state index in [9.17, 15) is 4.79 Å². The van der Waals surface area contributed by atoms with E-state index in [0.717, 1.165) is 18.7 Å². The summed E-state index contributed by atoms with van der Waals surface area (Å²) in [4.78, 5) is 14.3. The van der Waals surface area contributed by atoms with Gasteiger partial charge in [-0.2, -0.15) is 0 Å². The van der Waals surface area contributed by atoms with E-state index in [2.05, 4.69) is 29.4 Å². The molecule has 2 rings (SSSR count). The molecule has 1 heterocycles. The second-order valence-electron chi connectivity index (χ2n) is 6.14. The van der Waals surface area contributed by atoms with Crippen LogP contribution in [-0.2, 0) is 11.3 Å². The Bertz CT molecular complexity index is 433. The summed E-state index contributed by atoms with van der Waals surface area (Å²) in [6.07, 6.45) is 1.23. The van der Waals surface area contributed by atoms with Crippen LogP contribution in [0.25, 0.3) is 0 Å². The van der Waals surface area contributed by atoms with E-state index >= 15 is 0 Å². The molecule has 116 valence electrons. The molecule has 1 amide bonds. The molecule has 0 radical (unpaired) electrons. The van der Waals surface area contributed by atoms with Crippen molar-refractivity contribution in [3.05, 3.63) is 35.9 Å². The monoisotopic (exact) mass is 289 g/mol. The number of nitrogens with zero attached hydrogens (tertiary/aromatic N) is 1. The van der Waals surface area contributed by atoms with Crippen molar-refractivity contribution in [3.63, 3.8) is 0 Å². The van der Waals surface area contributed by atoms with Crippen molar-refractivity contribution in [2.75, 3.05) is 26.2 Å². The molecule has 4 heteroatoms. The van der Waals surface area contributed by atoms with E-state index in [-0.39, 0.29) is 5.91 Å². The largest absolute Gasteiger partial charge is 0.351 e. The third-order valence-corrected chi connectivity index (χ3v) is 4.10. The molecule has 4 nitrogen and oxygen atoms in total. The lowest BCUT2D eigenvalue weighted by Crippen LogP contribution is -2.36. The highest BCUT2D eigenvalue weighted by Gasteiger charge is 2.23. The Kier molecular flexibility index (Phi) is 6.21. The summed E-state index contributed by atoms with van der Waals surface area (Å²) in [6, 6.07) is 10.6. The van der Waals surface area contributed by atoms with Crippen LogP contribution in [-0.4, -0.2) is 43.0 Å². The predicted octanol–water partition coefficient (Wildman–Crippen LogP) is 1.62. The van der Waals surface area contributed by atoms with Gasteiger partial charge in [0.25, 0.3) is 0 Å². The van der Waals surface area contributed by atoms with Gasteiger partial charge in [-0.15, -0.1) is 0 Å². The van der Waals surface area contributed by atoms with Gasteiger partial charge in [0.2, 0.25) is 5.91 Å². The van der Waals surface area contributed by atoms with Gasteiger partial charge in [0, 0.05) is 19.1 Å². The zero-order valence-electron chi connectivity index (χ0n) is 13.1. The van der Waals surface area contributed by atoms with Crippen molar-refractivity contribution >= 4 is 5.91 Å². The van der Waals surface area contributed by atoms with Crippen LogP contribution in [0.15, 0.2) is 30.3 Å². The quantitative estimate of drug-likeness (QED) is 0.802. The van der Waals surface area contributed by atoms with Crippen molar-refractivity contribution in [3.8, 4) is 0 Å². The Morgan fingerprint density at radius 2 is 2.10 bits per heavy atom. The molecule has 0 aromatic heterocycles. The second-order valence-corrected chi connectivity index (χ2v) is 6.14. The van der Waals surface area contributed by atoms with Crippen molar-refractivity contribution in [2.24, 2.45) is 5.92 Å². The Morgan fingerprint density at radius 1 is 1.33 bits per heavy atom. The lowest BCUT2D eigenvalue weighted by Gasteiger charge is -2.20. The van der Waals surface area contributed by atoms with Crippen molar-refractivity contribution in [2.45, 2.75) is 32.9 Å². The first-order chi connectivity index (χ1) is 10.1. The van der Waals surface area contributed by atoms with Crippen molar-refractivity contribution < 1.29 is 4.79 Å². The van der Waals surface area contributed by atoms with Gasteiger partial charge in [-0.1, -0.05) is 30.3 Å². The number of nitrogens with one attached hydrogen (secondary N) is 2. The van der Waals surface area contributed by atoms with E-state index in [1.165, 1.54) is 13.0 Å². The lowest BCUT2D eigenvalue weighted by atomic mass is 10.1. The van der Waals surface area contributed by atoms with Gasteiger partial charge in [-0.25, -0.2) is 0 Å². The number of rotatable bonds is 7. The predicted molar refractivity (Wildman–Crippen MR) is 86.0 cm³/mol. The summed E-state index contributed by atoms with van der Waals surface area (Å²) in [7, 11) is 0. The molecular weight excluding hydrogens is 262 g/mol. The van der Waals surface area contributed by atoms with Gasteiger partial charge < -0.3 is 15.5 Å². The number of amides is 1. The highest BCUT2D eigenvalue weighted by Crippen LogP contribution is 2.17. The van der Waals surface area contributed by atoms with E-state index in [4.69, 9.17) is 0 Å². The number of hydrogen-bond acceptors (Lipinski definition) is 3. The second kappa shape index (κ2) is 8.15. The van der Waals surface area contributed by atoms with Crippen LogP contribution < -0.4 is 10.6 Å². The molecule has 1 aromatic carbocycles. The first-order valence-corrected chi connectivity index (χ1v) is 7.90. The van der Waals surface area contributed by atoms with Crippen LogP contribution in [0.5, 0.6) is 0 Å². The highest BCUT2D eigenvalue weighted by molar-refractivity contribution is 5.77. The molecule has 1 aliphatic rings. The lowest BCUT2D eigenvalue weighted by molar-refractivity contribution is -0.120. The average Bonchev–Trinajstić information content (AvgIpc) is 2.95. The number of hydrogen-bond donors (Lipinski definition) is 2. The molecule has 0 aliphatic carbocycles. The van der Waals surface area contributed by atoms with Crippen LogP contribution in [0, 0.1) is 5.92 Å². The Hall–Kier alpha value is -1.39. The van der Waals surface area contributed by atoms with Gasteiger partial charge in [-0.05, 0) is 44.8 Å². The first kappa shape index (κ1) is 16.0. The molecule has 1 unspecified atom stereocenters. The Labute approximate surface area is 127 Å². The van der Waals surface area contributed by atoms with Crippen LogP contribution >= 0.6 is 0 Å². The fourth-order valence-electron chi connectivity index (χ4n) is 2.75. The summed E-state index contributed by atoms with van der Waals surface area (Å²) in [5, 5.41) is 6.22. The van der Waals surface area contributed by atoms with Gasteiger partial charge in [0.15, 0.2) is 0 Å². The summed E-state index contributed by atoms with van der Waals surface area (Å²) in [6.45, 7) is 8.76. The fourth-order valence-corrected chi connectivity index (χ4v) is 2.75. The SMILES string of the molecule is CC(C)N1CCC(CNCC(=O)NCc2ccccc2)C1. The van der Waals surface area contributed by atoms with Crippen molar-refractivity contribution in [1.82, 2.24) is 15.5 Å². The summed E-state index contributed by atoms with van der Waals surface area (Å²) in [5.74, 6) is 0.742. The zero-order valence-corrected chi connectivity index (χ0v) is 13.1. The fraction of sp³-hybridized carbons (Fsp3) is 0.588. The van der Waals surface area contributed by atoms with E-state index in [0.29, 0.717) is 25.0 Å². The maximum atomic E-state index is 11.8. The van der Waals surface area contributed by atoms with Crippen molar-refractivity contribution in [1.29, 1.82) is 0 Å². The van der Waals surface area contributed by atoms with Gasteiger partial charge in [-0.3, -0.25) is 4.79 Å². The number of likely N-dealkylation sites (tertiary alicyclic amines) is 1. The third kappa shape index (κ3) is 5.48. The molecule has 2 N–H and O–H groups in total. The number of carbonyl (C=O) groups excluding carboxylic acids is 1. The summed E-state index contributed by atoms with van der Waals surface area (Å²) < 4.78 is 0. The Balaban J connectivity index is 1.57. The molecule has 0 saturated carbocycles. The first-order valence-electron chi connectivity index (χ1n) is 7.90. The zero-order chi connectivity index (χ0) is 15.1. The van der Waals surface area contributed by atoms with Gasteiger partial charge in [0.1, 0.15) is 0 Å². The topological polar surface area (TPSA) is 44.4 Å². The minimum absolute atomic E-state index is 0.0672. The minimum Gasteiger partial charge on any atom is -0.351 e. The molecule has 1 aromatic rings. The van der Waals surface area contributed by atoms with Crippen LogP contribution in [0.2, 0.25) is 0 Å². The molecule has 21 heavy (non-hydrogen) atoms. The molecule has 0 spiro atoms. The van der Waals surface area contributed by atoms with E-state index < -0.39 is 0 Å².